The number of nitrogens with zero attached hydrogens (tertiary/aromatic N) is 4. The minimum Gasteiger partial charge on any atom is -0.481 e. The third kappa shape index (κ3) is 2.58. The number of benzene rings is 1. The average Bonchev–Trinajstić information content (AvgIpc) is 3.05. The number of hydrogen-bond acceptors (Lipinski definition) is 4. The van der Waals surface area contributed by atoms with E-state index in [1.807, 2.05) is 38.1 Å². The van der Waals surface area contributed by atoms with E-state index in [-0.39, 0.29) is 0 Å². The van der Waals surface area contributed by atoms with Gasteiger partial charge in [0.1, 0.15) is 5.52 Å². The van der Waals surface area contributed by atoms with Crippen molar-refractivity contribution >= 4 is 34.3 Å². The molecule has 0 saturated carbocycles. The van der Waals surface area contributed by atoms with E-state index in [0.29, 0.717) is 10.9 Å². The molecule has 1 aromatic carbocycles. The number of hydrogen-bond donors (Lipinski definition) is 0. The first-order valence-electron chi connectivity index (χ1n) is 8.54. The molecule has 3 aromatic rings. The van der Waals surface area contributed by atoms with Crippen molar-refractivity contribution in [2.24, 2.45) is 0 Å². The summed E-state index contributed by atoms with van der Waals surface area (Å²) in [7, 11) is 1.63. The highest BCUT2D eigenvalue weighted by molar-refractivity contribution is 6.35. The van der Waals surface area contributed by atoms with Crippen LogP contribution in [-0.2, 0) is 6.54 Å². The van der Waals surface area contributed by atoms with E-state index in [2.05, 4.69) is 26.3 Å². The standard InChI is InChI=1S/C20H19ClN4O/c1-4-6-14-7-8-15(21)18-19(14)25-12-5-11-24(20(25)23-18)16-9-10-17(26-3)22-13(16)2/h7-10H,5,11-12H2,1-3H3. The van der Waals surface area contributed by atoms with Gasteiger partial charge in [0.15, 0.2) is 0 Å². The van der Waals surface area contributed by atoms with Gasteiger partial charge in [0, 0.05) is 19.2 Å². The summed E-state index contributed by atoms with van der Waals surface area (Å²) in [5.74, 6) is 7.66. The van der Waals surface area contributed by atoms with Crippen LogP contribution in [0.3, 0.4) is 0 Å². The van der Waals surface area contributed by atoms with E-state index in [1.165, 1.54) is 0 Å². The summed E-state index contributed by atoms with van der Waals surface area (Å²) >= 11 is 6.44. The number of imidazole rings is 1. The van der Waals surface area contributed by atoms with Crippen molar-refractivity contribution in [2.45, 2.75) is 26.8 Å². The van der Waals surface area contributed by atoms with Gasteiger partial charge in [0.25, 0.3) is 0 Å². The number of aryl methyl sites for hydroxylation is 2. The number of pyridine rings is 1. The van der Waals surface area contributed by atoms with Crippen molar-refractivity contribution in [1.29, 1.82) is 0 Å². The molecule has 3 heterocycles. The molecule has 0 aliphatic carbocycles. The minimum absolute atomic E-state index is 0.611. The highest BCUT2D eigenvalue weighted by atomic mass is 35.5. The molecule has 0 unspecified atom stereocenters. The quantitative estimate of drug-likeness (QED) is 0.634. The van der Waals surface area contributed by atoms with E-state index >= 15 is 0 Å². The van der Waals surface area contributed by atoms with Gasteiger partial charge in [0.2, 0.25) is 11.8 Å². The van der Waals surface area contributed by atoms with E-state index in [4.69, 9.17) is 21.3 Å². The molecule has 0 saturated heterocycles. The normalized spacial score (nSPS) is 13.3. The number of fused-ring (bicyclic) bond motifs is 3. The Morgan fingerprint density at radius 3 is 2.73 bits per heavy atom. The van der Waals surface area contributed by atoms with E-state index in [1.54, 1.807) is 7.11 Å². The topological polar surface area (TPSA) is 43.2 Å². The van der Waals surface area contributed by atoms with Crippen LogP contribution in [0.2, 0.25) is 5.02 Å². The van der Waals surface area contributed by atoms with E-state index in [9.17, 15) is 0 Å². The third-order valence-electron chi connectivity index (χ3n) is 4.62. The van der Waals surface area contributed by atoms with Crippen molar-refractivity contribution in [1.82, 2.24) is 14.5 Å². The molecule has 1 aliphatic heterocycles. The van der Waals surface area contributed by atoms with Crippen LogP contribution < -0.4 is 9.64 Å². The summed E-state index contributed by atoms with van der Waals surface area (Å²) in [4.78, 5) is 11.6. The minimum atomic E-state index is 0.611. The molecule has 0 atom stereocenters. The Balaban J connectivity index is 1.93. The van der Waals surface area contributed by atoms with E-state index < -0.39 is 0 Å². The molecule has 5 nitrogen and oxygen atoms in total. The van der Waals surface area contributed by atoms with Gasteiger partial charge < -0.3 is 14.2 Å². The van der Waals surface area contributed by atoms with Gasteiger partial charge in [-0.15, -0.1) is 5.92 Å². The highest BCUT2D eigenvalue weighted by Crippen LogP contribution is 2.37. The molecule has 0 N–H and O–H groups in total. The maximum atomic E-state index is 6.44. The fraction of sp³-hybridized carbons (Fsp3) is 0.300. The average molecular weight is 367 g/mol. The lowest BCUT2D eigenvalue weighted by Crippen LogP contribution is -2.29. The summed E-state index contributed by atoms with van der Waals surface area (Å²) in [6.45, 7) is 5.60. The number of anilines is 2. The maximum Gasteiger partial charge on any atom is 0.213 e. The van der Waals surface area contributed by atoms with Crippen LogP contribution in [0.15, 0.2) is 24.3 Å². The van der Waals surface area contributed by atoms with Crippen molar-refractivity contribution in [3.8, 4) is 17.7 Å². The predicted molar refractivity (Wildman–Crippen MR) is 104 cm³/mol. The van der Waals surface area contributed by atoms with Gasteiger partial charge in [-0.3, -0.25) is 0 Å². The van der Waals surface area contributed by atoms with Crippen LogP contribution >= 0.6 is 11.6 Å². The predicted octanol–water partition coefficient (Wildman–Crippen LogP) is 4.31. The van der Waals surface area contributed by atoms with Crippen molar-refractivity contribution in [2.75, 3.05) is 18.6 Å². The van der Waals surface area contributed by atoms with Crippen LogP contribution in [-0.4, -0.2) is 28.2 Å². The molecule has 4 rings (SSSR count). The molecule has 0 amide bonds. The summed E-state index contributed by atoms with van der Waals surface area (Å²) in [5, 5.41) is 0.646. The second-order valence-electron chi connectivity index (χ2n) is 6.19. The summed E-state index contributed by atoms with van der Waals surface area (Å²) in [6.07, 6.45) is 1.01. The molecule has 6 heteroatoms. The molecule has 2 aromatic heterocycles. The molecular formula is C20H19ClN4O. The van der Waals surface area contributed by atoms with Crippen molar-refractivity contribution < 1.29 is 4.74 Å². The molecule has 0 bridgehead atoms. The fourth-order valence-electron chi connectivity index (χ4n) is 3.49. The lowest BCUT2D eigenvalue weighted by Gasteiger charge is -2.30. The summed E-state index contributed by atoms with van der Waals surface area (Å²) in [5.41, 5.74) is 4.70. The smallest absolute Gasteiger partial charge is 0.213 e. The maximum absolute atomic E-state index is 6.44. The van der Waals surface area contributed by atoms with Crippen LogP contribution in [0, 0.1) is 18.8 Å². The van der Waals surface area contributed by atoms with Gasteiger partial charge in [-0.1, -0.05) is 17.5 Å². The molecule has 26 heavy (non-hydrogen) atoms. The van der Waals surface area contributed by atoms with Gasteiger partial charge in [-0.2, -0.15) is 0 Å². The zero-order chi connectivity index (χ0) is 18.3. The van der Waals surface area contributed by atoms with Crippen LogP contribution in [0.5, 0.6) is 5.88 Å². The lowest BCUT2D eigenvalue weighted by molar-refractivity contribution is 0.397. The summed E-state index contributed by atoms with van der Waals surface area (Å²) in [6, 6.07) is 7.75. The van der Waals surface area contributed by atoms with Crippen molar-refractivity contribution in [3.63, 3.8) is 0 Å². The molecule has 0 fully saturated rings. The second-order valence-corrected chi connectivity index (χ2v) is 6.60. The summed E-state index contributed by atoms with van der Waals surface area (Å²) < 4.78 is 7.45. The number of methoxy groups -OCH3 is 1. The van der Waals surface area contributed by atoms with Gasteiger partial charge >= 0.3 is 0 Å². The van der Waals surface area contributed by atoms with Gasteiger partial charge in [0.05, 0.1) is 34.6 Å². The molecule has 0 radical (unpaired) electrons. The zero-order valence-corrected chi connectivity index (χ0v) is 15.8. The number of halogens is 1. The molecule has 132 valence electrons. The first-order chi connectivity index (χ1) is 12.6. The second kappa shape index (κ2) is 6.54. The molecule has 1 aliphatic rings. The molecular weight excluding hydrogens is 348 g/mol. The van der Waals surface area contributed by atoms with Crippen molar-refractivity contribution in [3.05, 3.63) is 40.5 Å². The SMILES string of the molecule is CC#Cc1ccc(Cl)c2nc3n(c12)CCCN3c1ccc(OC)nc1C. The van der Waals surface area contributed by atoms with Crippen LogP contribution in [0.4, 0.5) is 11.6 Å². The third-order valence-corrected chi connectivity index (χ3v) is 4.93. The first kappa shape index (κ1) is 16.7. The zero-order valence-electron chi connectivity index (χ0n) is 15.0. The Labute approximate surface area is 157 Å². The Kier molecular flexibility index (Phi) is 4.21. The fourth-order valence-corrected chi connectivity index (χ4v) is 3.69. The Morgan fingerprint density at radius 2 is 2.00 bits per heavy atom. The largest absolute Gasteiger partial charge is 0.481 e. The van der Waals surface area contributed by atoms with Gasteiger partial charge in [-0.25, -0.2) is 9.97 Å². The Morgan fingerprint density at radius 1 is 1.15 bits per heavy atom. The Bertz CT molecular complexity index is 1060. The van der Waals surface area contributed by atoms with E-state index in [0.717, 1.165) is 53.4 Å². The number of ether oxygens (including phenoxy) is 1. The molecule has 0 spiro atoms. The lowest BCUT2D eigenvalue weighted by atomic mass is 10.1. The van der Waals surface area contributed by atoms with Crippen LogP contribution in [0.1, 0.15) is 24.6 Å². The number of aromatic nitrogens is 3. The van der Waals surface area contributed by atoms with Gasteiger partial charge in [-0.05, 0) is 38.5 Å². The number of rotatable bonds is 2. The Hall–Kier alpha value is -2.71. The monoisotopic (exact) mass is 366 g/mol. The highest BCUT2D eigenvalue weighted by Gasteiger charge is 2.26. The first-order valence-corrected chi connectivity index (χ1v) is 8.92. The van der Waals surface area contributed by atoms with Crippen LogP contribution in [0.25, 0.3) is 11.0 Å².